The number of unbranched alkanes of at least 4 members (excludes halogenated alkanes) is 48. The number of nitrogens with one attached hydrogen (secondary N) is 1. The Labute approximate surface area is 468 Å². The number of ether oxygens (including phenoxy) is 1. The third kappa shape index (κ3) is 61.2. The van der Waals surface area contributed by atoms with Gasteiger partial charge in [-0.2, -0.15) is 0 Å². The lowest BCUT2D eigenvalue weighted by Gasteiger charge is -2.20. The van der Waals surface area contributed by atoms with Crippen molar-refractivity contribution < 1.29 is 24.5 Å². The molecule has 0 spiro atoms. The number of aliphatic hydroxyl groups is 2. The molecule has 75 heavy (non-hydrogen) atoms. The Morgan fingerprint density at radius 2 is 0.627 bits per heavy atom. The summed E-state index contributed by atoms with van der Waals surface area (Å²) in [6.45, 7) is 4.92. The van der Waals surface area contributed by atoms with Crippen LogP contribution in [-0.2, 0) is 14.3 Å². The minimum absolute atomic E-state index is 0.00946. The second-order valence-electron chi connectivity index (χ2n) is 23.1. The molecular weight excluding hydrogens is 923 g/mol. The third-order valence-corrected chi connectivity index (χ3v) is 15.6. The first-order chi connectivity index (χ1) is 37.0. The number of carbonyl (C=O) groups is 2. The van der Waals surface area contributed by atoms with E-state index in [1.807, 2.05) is 6.08 Å². The molecule has 442 valence electrons. The summed E-state index contributed by atoms with van der Waals surface area (Å²) < 4.78 is 5.50. The van der Waals surface area contributed by atoms with Gasteiger partial charge in [0.1, 0.15) is 0 Å². The SMILES string of the molecule is CCCCCCCCC/C=C\CCCCCCCCCC(=O)OCCCCCCCCCCCCCC/C=C\CCCCCCCCCCC(=O)NC(CO)C(O)/C=C/CCCCCCCCCCCCCCCC. The van der Waals surface area contributed by atoms with Gasteiger partial charge in [-0.1, -0.05) is 307 Å². The second kappa shape index (κ2) is 64.6. The van der Waals surface area contributed by atoms with E-state index in [9.17, 15) is 19.8 Å². The van der Waals surface area contributed by atoms with Gasteiger partial charge >= 0.3 is 5.97 Å². The number of hydrogen-bond acceptors (Lipinski definition) is 5. The van der Waals surface area contributed by atoms with Gasteiger partial charge in [0.2, 0.25) is 5.91 Å². The molecule has 0 bridgehead atoms. The molecule has 2 atom stereocenters. The molecule has 0 aromatic heterocycles. The molecule has 0 aliphatic rings. The molecule has 0 aromatic rings. The summed E-state index contributed by atoms with van der Waals surface area (Å²) in [5.41, 5.74) is 0. The number of aliphatic hydroxyl groups excluding tert-OH is 2. The maximum Gasteiger partial charge on any atom is 0.305 e. The Morgan fingerprint density at radius 1 is 0.360 bits per heavy atom. The predicted molar refractivity (Wildman–Crippen MR) is 329 cm³/mol. The summed E-state index contributed by atoms with van der Waals surface area (Å²) in [5, 5.41) is 23.2. The van der Waals surface area contributed by atoms with E-state index < -0.39 is 12.1 Å². The first-order valence-electron chi connectivity index (χ1n) is 33.8. The van der Waals surface area contributed by atoms with Gasteiger partial charge in [-0.25, -0.2) is 0 Å². The third-order valence-electron chi connectivity index (χ3n) is 15.6. The van der Waals surface area contributed by atoms with Crippen LogP contribution in [0.5, 0.6) is 0 Å². The van der Waals surface area contributed by atoms with Crippen LogP contribution in [0.2, 0.25) is 0 Å². The first kappa shape index (κ1) is 73.1. The highest BCUT2D eigenvalue weighted by Crippen LogP contribution is 2.17. The summed E-state index contributed by atoms with van der Waals surface area (Å²) in [5.74, 6) is -0.0612. The fourth-order valence-corrected chi connectivity index (χ4v) is 10.4. The van der Waals surface area contributed by atoms with Gasteiger partial charge in [0.05, 0.1) is 25.4 Å². The number of rotatable bonds is 63. The van der Waals surface area contributed by atoms with E-state index in [0.29, 0.717) is 19.4 Å². The Bertz CT molecular complexity index is 1210. The Kier molecular flexibility index (Phi) is 63.0. The standard InChI is InChI=1S/C69H131NO5/c1-3-5-7-9-11-13-15-17-19-21-31-35-39-43-47-51-55-59-63-69(74)75-64-60-56-52-48-44-40-36-32-29-27-25-23-22-24-26-28-30-34-38-42-46-50-54-58-62-68(73)70-66(65-71)67(72)61-57-53-49-45-41-37-33-20-18-16-14-12-10-8-6-4-2/h19,21,24,26,57,61,66-67,71-72H,3-18,20,22-23,25,27-56,58-60,62-65H2,1-2H3,(H,70,73)/b21-19-,26-24-,61-57+. The highest BCUT2D eigenvalue weighted by Gasteiger charge is 2.18. The number of amides is 1. The van der Waals surface area contributed by atoms with Crippen LogP contribution in [0.1, 0.15) is 367 Å². The lowest BCUT2D eigenvalue weighted by Crippen LogP contribution is -2.45. The average Bonchev–Trinajstić information content (AvgIpc) is 3.41. The zero-order valence-electron chi connectivity index (χ0n) is 50.5. The van der Waals surface area contributed by atoms with Crippen molar-refractivity contribution in [3.05, 3.63) is 36.5 Å². The van der Waals surface area contributed by atoms with E-state index in [4.69, 9.17) is 4.74 Å². The summed E-state index contributed by atoms with van der Waals surface area (Å²) in [7, 11) is 0. The molecule has 0 aliphatic heterocycles. The molecule has 6 heteroatoms. The molecule has 0 saturated carbocycles. The first-order valence-corrected chi connectivity index (χ1v) is 33.8. The molecule has 3 N–H and O–H groups in total. The molecule has 0 rings (SSSR count). The number of esters is 1. The summed E-state index contributed by atoms with van der Waals surface area (Å²) in [6, 6.07) is -0.632. The van der Waals surface area contributed by atoms with Gasteiger partial charge in [0, 0.05) is 12.8 Å². The van der Waals surface area contributed by atoms with Gasteiger partial charge in [-0.05, 0) is 83.5 Å². The summed E-state index contributed by atoms with van der Waals surface area (Å²) >= 11 is 0. The van der Waals surface area contributed by atoms with E-state index in [0.717, 1.165) is 44.9 Å². The van der Waals surface area contributed by atoms with Crippen molar-refractivity contribution in [3.63, 3.8) is 0 Å². The molecule has 2 unspecified atom stereocenters. The quantitative estimate of drug-likeness (QED) is 0.0320. The van der Waals surface area contributed by atoms with Crippen molar-refractivity contribution in [2.45, 2.75) is 379 Å². The fourth-order valence-electron chi connectivity index (χ4n) is 10.4. The van der Waals surface area contributed by atoms with E-state index in [1.165, 1.54) is 295 Å². The molecule has 0 aromatic carbocycles. The highest BCUT2D eigenvalue weighted by atomic mass is 16.5. The van der Waals surface area contributed by atoms with E-state index in [-0.39, 0.29) is 18.5 Å². The molecule has 1 amide bonds. The minimum atomic E-state index is -0.848. The van der Waals surface area contributed by atoms with Crippen LogP contribution in [0.4, 0.5) is 0 Å². The van der Waals surface area contributed by atoms with Crippen LogP contribution < -0.4 is 5.32 Å². The monoisotopic (exact) mass is 1050 g/mol. The topological polar surface area (TPSA) is 95.9 Å². The molecule has 0 saturated heterocycles. The largest absolute Gasteiger partial charge is 0.466 e. The predicted octanol–water partition coefficient (Wildman–Crippen LogP) is 21.5. The maximum atomic E-state index is 12.5. The van der Waals surface area contributed by atoms with Crippen molar-refractivity contribution in [1.82, 2.24) is 5.32 Å². The molecular formula is C69H131NO5. The van der Waals surface area contributed by atoms with E-state index in [2.05, 4.69) is 43.5 Å². The van der Waals surface area contributed by atoms with Crippen molar-refractivity contribution in [3.8, 4) is 0 Å². The molecule has 6 nitrogen and oxygen atoms in total. The zero-order valence-corrected chi connectivity index (χ0v) is 50.5. The molecule has 0 radical (unpaired) electrons. The Balaban J connectivity index is 3.41. The number of allylic oxidation sites excluding steroid dienone is 5. The van der Waals surface area contributed by atoms with Crippen LogP contribution >= 0.6 is 0 Å². The second-order valence-corrected chi connectivity index (χ2v) is 23.1. The van der Waals surface area contributed by atoms with Gasteiger partial charge < -0.3 is 20.3 Å². The van der Waals surface area contributed by atoms with Crippen LogP contribution in [0.3, 0.4) is 0 Å². The Morgan fingerprint density at radius 3 is 0.947 bits per heavy atom. The van der Waals surface area contributed by atoms with E-state index >= 15 is 0 Å². The van der Waals surface area contributed by atoms with Crippen molar-refractivity contribution >= 4 is 11.9 Å². The minimum Gasteiger partial charge on any atom is -0.466 e. The maximum absolute atomic E-state index is 12.5. The number of hydrogen-bond donors (Lipinski definition) is 3. The van der Waals surface area contributed by atoms with Gasteiger partial charge in [-0.15, -0.1) is 0 Å². The highest BCUT2D eigenvalue weighted by molar-refractivity contribution is 5.76. The zero-order chi connectivity index (χ0) is 54.3. The summed E-state index contributed by atoms with van der Waals surface area (Å²) in [4.78, 5) is 24.6. The van der Waals surface area contributed by atoms with Gasteiger partial charge in [-0.3, -0.25) is 9.59 Å². The van der Waals surface area contributed by atoms with Crippen LogP contribution in [0.25, 0.3) is 0 Å². The van der Waals surface area contributed by atoms with Gasteiger partial charge in [0.25, 0.3) is 0 Å². The van der Waals surface area contributed by atoms with Crippen molar-refractivity contribution in [2.24, 2.45) is 0 Å². The van der Waals surface area contributed by atoms with Gasteiger partial charge in [0.15, 0.2) is 0 Å². The lowest BCUT2D eigenvalue weighted by atomic mass is 10.0. The number of carbonyl (C=O) groups excluding carboxylic acids is 2. The smallest absolute Gasteiger partial charge is 0.305 e. The molecule has 0 fully saturated rings. The van der Waals surface area contributed by atoms with Crippen molar-refractivity contribution in [2.75, 3.05) is 13.2 Å². The van der Waals surface area contributed by atoms with Crippen LogP contribution in [0.15, 0.2) is 36.5 Å². The lowest BCUT2D eigenvalue weighted by molar-refractivity contribution is -0.143. The van der Waals surface area contributed by atoms with Crippen LogP contribution in [0, 0.1) is 0 Å². The molecule has 0 aliphatic carbocycles. The fraction of sp³-hybridized carbons (Fsp3) is 0.884. The van der Waals surface area contributed by atoms with Crippen LogP contribution in [-0.4, -0.2) is 47.4 Å². The van der Waals surface area contributed by atoms with E-state index in [1.54, 1.807) is 6.08 Å². The Hall–Kier alpha value is -1.92. The van der Waals surface area contributed by atoms with Crippen molar-refractivity contribution in [1.29, 1.82) is 0 Å². The normalized spacial score (nSPS) is 12.7. The average molecular weight is 1050 g/mol. The molecule has 0 heterocycles. The summed E-state index contributed by atoms with van der Waals surface area (Å²) in [6.07, 6.45) is 82.0.